The zero-order chi connectivity index (χ0) is 26.6. The van der Waals surface area contributed by atoms with Crippen molar-refractivity contribution in [2.24, 2.45) is 0 Å². The van der Waals surface area contributed by atoms with Crippen LogP contribution in [0.5, 0.6) is 11.5 Å². The van der Waals surface area contributed by atoms with Crippen LogP contribution in [0.3, 0.4) is 0 Å². The van der Waals surface area contributed by atoms with Gasteiger partial charge in [-0.2, -0.15) is 13.2 Å². The lowest BCUT2D eigenvalue weighted by Gasteiger charge is -2.34. The van der Waals surface area contributed by atoms with Crippen molar-refractivity contribution >= 4 is 0 Å². The molecule has 0 saturated heterocycles. The van der Waals surface area contributed by atoms with Crippen LogP contribution in [0.1, 0.15) is 48.8 Å². The van der Waals surface area contributed by atoms with E-state index in [4.69, 9.17) is 9.47 Å². The van der Waals surface area contributed by atoms with Gasteiger partial charge in [0.15, 0.2) is 11.5 Å². The summed E-state index contributed by atoms with van der Waals surface area (Å²) in [6.07, 6.45) is 10.3. The molecule has 1 N–H and O–H groups in total. The van der Waals surface area contributed by atoms with E-state index in [-0.39, 0.29) is 6.10 Å². The number of benzene rings is 3. The van der Waals surface area contributed by atoms with Gasteiger partial charge in [0.1, 0.15) is 0 Å². The number of halogens is 3. The second kappa shape index (κ2) is 11.0. The summed E-state index contributed by atoms with van der Waals surface area (Å²) in [6.45, 7) is 0. The molecule has 0 spiro atoms. The van der Waals surface area contributed by atoms with Gasteiger partial charge in [-0.05, 0) is 97.3 Å². The van der Waals surface area contributed by atoms with Crippen LogP contribution in [-0.2, 0) is 18.1 Å². The lowest BCUT2D eigenvalue weighted by Crippen LogP contribution is -2.39. The van der Waals surface area contributed by atoms with E-state index in [0.29, 0.717) is 0 Å². The van der Waals surface area contributed by atoms with Crippen LogP contribution in [0.4, 0.5) is 13.2 Å². The second-order valence-corrected chi connectivity index (χ2v) is 10.00. The van der Waals surface area contributed by atoms with Gasteiger partial charge in [-0.1, -0.05) is 54.6 Å². The zero-order valence-electron chi connectivity index (χ0n) is 21.4. The van der Waals surface area contributed by atoms with Gasteiger partial charge in [-0.25, -0.2) is 0 Å². The summed E-state index contributed by atoms with van der Waals surface area (Å²) >= 11 is 0. The Bertz CT molecular complexity index is 1290. The van der Waals surface area contributed by atoms with Gasteiger partial charge in [-0.15, -0.1) is 0 Å². The van der Waals surface area contributed by atoms with Crippen molar-refractivity contribution in [3.05, 3.63) is 108 Å². The van der Waals surface area contributed by atoms with Crippen molar-refractivity contribution in [1.29, 1.82) is 0 Å². The predicted molar refractivity (Wildman–Crippen MR) is 144 cm³/mol. The number of hydrogen-bond donors (Lipinski definition) is 1. The molecule has 38 heavy (non-hydrogen) atoms. The molecule has 0 radical (unpaired) electrons. The van der Waals surface area contributed by atoms with E-state index in [1.807, 2.05) is 42.6 Å². The predicted octanol–water partition coefficient (Wildman–Crippen LogP) is 8.20. The van der Waals surface area contributed by atoms with Crippen LogP contribution in [-0.4, -0.2) is 13.2 Å². The summed E-state index contributed by atoms with van der Waals surface area (Å²) in [5.74, 6) is 1.52. The van der Waals surface area contributed by atoms with Crippen molar-refractivity contribution in [2.45, 2.75) is 56.3 Å². The van der Waals surface area contributed by atoms with Gasteiger partial charge in [0, 0.05) is 0 Å². The molecule has 6 heteroatoms. The number of allylic oxidation sites excluding steroid dienone is 2. The van der Waals surface area contributed by atoms with Crippen molar-refractivity contribution in [1.82, 2.24) is 5.32 Å². The highest BCUT2D eigenvalue weighted by Gasteiger charge is 2.31. The van der Waals surface area contributed by atoms with Gasteiger partial charge in [0.2, 0.25) is 0 Å². The average molecular weight is 520 g/mol. The van der Waals surface area contributed by atoms with Crippen LogP contribution in [0.15, 0.2) is 91.2 Å². The number of ether oxygens (including phenoxy) is 2. The third-order valence-corrected chi connectivity index (χ3v) is 7.51. The first-order valence-electron chi connectivity index (χ1n) is 13.1. The monoisotopic (exact) mass is 519 g/mol. The van der Waals surface area contributed by atoms with Gasteiger partial charge >= 0.3 is 6.18 Å². The number of alkyl halides is 3. The molecule has 1 unspecified atom stereocenters. The molecule has 0 bridgehead atoms. The third kappa shape index (κ3) is 5.74. The van der Waals surface area contributed by atoms with Crippen LogP contribution in [0.2, 0.25) is 0 Å². The number of methoxy groups -OCH3 is 1. The van der Waals surface area contributed by atoms with Crippen molar-refractivity contribution < 1.29 is 22.6 Å². The van der Waals surface area contributed by atoms with Gasteiger partial charge in [0.05, 0.1) is 24.3 Å². The summed E-state index contributed by atoms with van der Waals surface area (Å²) in [5, 5.41) is 3.58. The quantitative estimate of drug-likeness (QED) is 0.325. The average Bonchev–Trinajstić information content (AvgIpc) is 3.45. The van der Waals surface area contributed by atoms with E-state index < -0.39 is 17.3 Å². The number of aryl methyl sites for hydroxylation is 1. The molecular formula is C32H32F3NO2. The Morgan fingerprint density at radius 3 is 2.16 bits per heavy atom. The Kier molecular flexibility index (Phi) is 7.50. The minimum absolute atomic E-state index is 0.230. The van der Waals surface area contributed by atoms with E-state index in [0.717, 1.165) is 71.6 Å². The molecule has 0 aromatic heterocycles. The molecule has 5 rings (SSSR count). The minimum Gasteiger partial charge on any atom is -0.493 e. The Morgan fingerprint density at radius 2 is 1.55 bits per heavy atom. The Balaban J connectivity index is 1.33. The number of rotatable bonds is 8. The standard InChI is InChI=1S/C32H32F3NO2/c1-37-29-17-16-27(22-30(29)38-28-6-2-3-7-28)31(19-4-5-21-36-31)20-18-23-8-10-24(11-9-23)25-12-14-26(15-13-25)32(33,34)35/h4-5,8-17,19,21-22,28,36H,2-3,6-7,18,20H2,1H3. The maximum Gasteiger partial charge on any atom is 0.416 e. The van der Waals surface area contributed by atoms with Crippen LogP contribution < -0.4 is 14.8 Å². The molecule has 1 aliphatic heterocycles. The van der Waals surface area contributed by atoms with Crippen molar-refractivity contribution in [3.63, 3.8) is 0 Å². The van der Waals surface area contributed by atoms with Crippen LogP contribution >= 0.6 is 0 Å². The fourth-order valence-electron chi connectivity index (χ4n) is 5.29. The summed E-state index contributed by atoms with van der Waals surface area (Å²) in [5.41, 5.74) is 2.87. The summed E-state index contributed by atoms with van der Waals surface area (Å²) < 4.78 is 50.6. The summed E-state index contributed by atoms with van der Waals surface area (Å²) in [7, 11) is 1.67. The van der Waals surface area contributed by atoms with E-state index in [2.05, 4.69) is 29.6 Å². The van der Waals surface area contributed by atoms with Crippen LogP contribution in [0.25, 0.3) is 11.1 Å². The molecule has 0 amide bonds. The molecule has 1 aliphatic carbocycles. The molecule has 1 atom stereocenters. The Labute approximate surface area is 222 Å². The van der Waals surface area contributed by atoms with E-state index in [9.17, 15) is 13.2 Å². The van der Waals surface area contributed by atoms with E-state index in [1.54, 1.807) is 7.11 Å². The van der Waals surface area contributed by atoms with Gasteiger partial charge < -0.3 is 14.8 Å². The lowest BCUT2D eigenvalue weighted by atomic mass is 9.82. The molecule has 1 saturated carbocycles. The molecular weight excluding hydrogens is 487 g/mol. The van der Waals surface area contributed by atoms with Crippen LogP contribution in [0, 0.1) is 0 Å². The van der Waals surface area contributed by atoms with Crippen molar-refractivity contribution in [3.8, 4) is 22.6 Å². The molecule has 1 heterocycles. The van der Waals surface area contributed by atoms with Gasteiger partial charge in [-0.3, -0.25) is 0 Å². The maximum atomic E-state index is 12.9. The maximum absolute atomic E-state index is 12.9. The second-order valence-electron chi connectivity index (χ2n) is 10.00. The fourth-order valence-corrected chi connectivity index (χ4v) is 5.29. The number of dihydropyridines is 1. The third-order valence-electron chi connectivity index (χ3n) is 7.51. The molecule has 198 valence electrons. The first kappa shape index (κ1) is 26.0. The largest absolute Gasteiger partial charge is 0.493 e. The lowest BCUT2D eigenvalue weighted by molar-refractivity contribution is -0.137. The minimum atomic E-state index is -4.33. The van der Waals surface area contributed by atoms with E-state index >= 15 is 0 Å². The smallest absolute Gasteiger partial charge is 0.416 e. The fraction of sp³-hybridized carbons (Fsp3) is 0.312. The highest BCUT2D eigenvalue weighted by Crippen LogP contribution is 2.38. The summed E-state index contributed by atoms with van der Waals surface area (Å²) in [4.78, 5) is 0. The van der Waals surface area contributed by atoms with E-state index in [1.165, 1.54) is 25.0 Å². The summed E-state index contributed by atoms with van der Waals surface area (Å²) in [6, 6.07) is 19.5. The Morgan fingerprint density at radius 1 is 0.868 bits per heavy atom. The molecule has 1 fully saturated rings. The highest BCUT2D eigenvalue weighted by molar-refractivity contribution is 5.64. The SMILES string of the molecule is COc1ccc(C2(CCc3ccc(-c4ccc(C(F)(F)F)cc4)cc3)C=CC=CN2)cc1OC1CCCC1. The first-order chi connectivity index (χ1) is 18.4. The highest BCUT2D eigenvalue weighted by atomic mass is 19.4. The van der Waals surface area contributed by atoms with Crippen molar-refractivity contribution in [2.75, 3.05) is 7.11 Å². The topological polar surface area (TPSA) is 30.5 Å². The molecule has 3 aromatic carbocycles. The van der Waals surface area contributed by atoms with Gasteiger partial charge in [0.25, 0.3) is 0 Å². The Hall–Kier alpha value is -3.67. The number of nitrogens with one attached hydrogen (secondary N) is 1. The zero-order valence-corrected chi connectivity index (χ0v) is 21.4. The molecule has 3 nitrogen and oxygen atoms in total. The normalized spacial score (nSPS) is 19.4. The number of hydrogen-bond acceptors (Lipinski definition) is 3. The first-order valence-corrected chi connectivity index (χ1v) is 13.1. The molecule has 3 aromatic rings. The molecule has 2 aliphatic rings.